The van der Waals surface area contributed by atoms with Gasteiger partial charge < -0.3 is 24.2 Å². The second-order valence-corrected chi connectivity index (χ2v) is 6.48. The average molecular weight is 372 g/mol. The molecule has 4 rings (SSSR count). The van der Waals surface area contributed by atoms with Gasteiger partial charge in [0.2, 0.25) is 12.7 Å². The molecule has 0 radical (unpaired) electrons. The van der Waals surface area contributed by atoms with Gasteiger partial charge in [-0.1, -0.05) is 11.2 Å². The van der Waals surface area contributed by atoms with Crippen molar-refractivity contribution < 1.29 is 23.6 Å². The van der Waals surface area contributed by atoms with E-state index in [1.807, 2.05) is 4.90 Å². The van der Waals surface area contributed by atoms with Gasteiger partial charge >= 0.3 is 0 Å². The first-order valence-corrected chi connectivity index (χ1v) is 8.73. The Morgan fingerprint density at radius 3 is 2.74 bits per heavy atom. The second-order valence-electron chi connectivity index (χ2n) is 6.48. The topological polar surface area (TPSA) is 97.1 Å². The van der Waals surface area contributed by atoms with E-state index in [1.165, 1.54) is 0 Å². The number of para-hydroxylation sites is 1. The number of ether oxygens (including phenoxy) is 2. The second kappa shape index (κ2) is 7.28. The Morgan fingerprint density at radius 1 is 1.19 bits per heavy atom. The molecule has 0 spiro atoms. The maximum atomic E-state index is 12.8. The van der Waals surface area contributed by atoms with E-state index in [9.17, 15) is 9.59 Å². The van der Waals surface area contributed by atoms with Crippen molar-refractivity contribution in [1.29, 1.82) is 0 Å². The van der Waals surface area contributed by atoms with Crippen LogP contribution in [0.2, 0.25) is 0 Å². The van der Waals surface area contributed by atoms with E-state index in [2.05, 4.69) is 10.5 Å². The largest absolute Gasteiger partial charge is 0.454 e. The van der Waals surface area contributed by atoms with Crippen LogP contribution in [0.4, 0.5) is 5.82 Å². The van der Waals surface area contributed by atoms with Crippen LogP contribution >= 0.6 is 0 Å². The fourth-order valence-corrected chi connectivity index (χ4v) is 3.19. The maximum absolute atomic E-state index is 12.8. The number of amides is 2. The van der Waals surface area contributed by atoms with Crippen LogP contribution < -0.4 is 14.8 Å². The van der Waals surface area contributed by atoms with Crippen molar-refractivity contribution in [2.24, 2.45) is 0 Å². The van der Waals surface area contributed by atoms with Crippen molar-refractivity contribution in [2.75, 3.05) is 44.8 Å². The summed E-state index contributed by atoms with van der Waals surface area (Å²) in [7, 11) is 0. The molecule has 2 aliphatic heterocycles. The number of anilines is 1. The fourth-order valence-electron chi connectivity index (χ4n) is 3.19. The smallest absolute Gasteiger partial charge is 0.257 e. The summed E-state index contributed by atoms with van der Waals surface area (Å²) in [5.41, 5.74) is 0.512. The molecule has 1 aromatic carbocycles. The SMILES string of the molecule is Cc1cc(NC(=O)CN2CCN(C(=O)c3cccc4c3OCO4)CC2)no1. The summed E-state index contributed by atoms with van der Waals surface area (Å²) in [5, 5.41) is 6.45. The van der Waals surface area contributed by atoms with Crippen LogP contribution in [-0.4, -0.2) is 66.3 Å². The van der Waals surface area contributed by atoms with Crippen molar-refractivity contribution in [1.82, 2.24) is 15.0 Å². The Hall–Kier alpha value is -3.07. The van der Waals surface area contributed by atoms with Crippen molar-refractivity contribution in [3.05, 3.63) is 35.6 Å². The van der Waals surface area contributed by atoms with Crippen molar-refractivity contribution in [3.8, 4) is 11.5 Å². The van der Waals surface area contributed by atoms with E-state index in [4.69, 9.17) is 14.0 Å². The minimum atomic E-state index is -0.158. The fraction of sp³-hybridized carbons (Fsp3) is 0.389. The van der Waals surface area contributed by atoms with Crippen LogP contribution in [0.15, 0.2) is 28.8 Å². The molecular weight excluding hydrogens is 352 g/mol. The van der Waals surface area contributed by atoms with Gasteiger partial charge in [-0.15, -0.1) is 0 Å². The number of aryl methyl sites for hydroxylation is 1. The molecule has 1 fully saturated rings. The number of carbonyl (C=O) groups excluding carboxylic acids is 2. The summed E-state index contributed by atoms with van der Waals surface area (Å²) < 4.78 is 15.7. The lowest BCUT2D eigenvalue weighted by atomic mass is 10.1. The lowest BCUT2D eigenvalue weighted by molar-refractivity contribution is -0.117. The Kier molecular flexibility index (Phi) is 4.68. The molecule has 0 unspecified atom stereocenters. The van der Waals surface area contributed by atoms with Crippen LogP contribution in [0.5, 0.6) is 11.5 Å². The molecule has 1 aromatic heterocycles. The lowest BCUT2D eigenvalue weighted by Gasteiger charge is -2.34. The summed E-state index contributed by atoms with van der Waals surface area (Å²) in [6, 6.07) is 6.98. The van der Waals surface area contributed by atoms with Gasteiger partial charge in [-0.05, 0) is 19.1 Å². The van der Waals surface area contributed by atoms with Gasteiger partial charge in [-0.25, -0.2) is 0 Å². The summed E-state index contributed by atoms with van der Waals surface area (Å²) >= 11 is 0. The summed E-state index contributed by atoms with van der Waals surface area (Å²) in [6.45, 7) is 4.45. The maximum Gasteiger partial charge on any atom is 0.257 e. The normalized spacial score (nSPS) is 16.4. The Labute approximate surface area is 155 Å². The molecule has 2 aromatic rings. The van der Waals surface area contributed by atoms with E-state index >= 15 is 0 Å². The number of hydrogen-bond donors (Lipinski definition) is 1. The number of rotatable bonds is 4. The highest BCUT2D eigenvalue weighted by atomic mass is 16.7. The van der Waals surface area contributed by atoms with Gasteiger partial charge in [-0.3, -0.25) is 14.5 Å². The first kappa shape index (κ1) is 17.3. The molecule has 27 heavy (non-hydrogen) atoms. The van der Waals surface area contributed by atoms with Gasteiger partial charge in [0.1, 0.15) is 5.76 Å². The predicted octanol–water partition coefficient (Wildman–Crippen LogP) is 1.11. The standard InChI is InChI=1S/C18H20N4O5/c1-12-9-15(20-27-12)19-16(23)10-21-5-7-22(8-6-21)18(24)13-3-2-4-14-17(13)26-11-25-14/h2-4,9H,5-8,10-11H2,1H3,(H,19,20,23). The zero-order chi connectivity index (χ0) is 18.8. The summed E-state index contributed by atoms with van der Waals surface area (Å²) in [4.78, 5) is 28.7. The van der Waals surface area contributed by atoms with Crippen LogP contribution in [0.3, 0.4) is 0 Å². The van der Waals surface area contributed by atoms with Crippen LogP contribution in [0, 0.1) is 6.92 Å². The third kappa shape index (κ3) is 3.72. The highest BCUT2D eigenvalue weighted by Gasteiger charge is 2.28. The van der Waals surface area contributed by atoms with Gasteiger partial charge in [0.05, 0.1) is 12.1 Å². The molecule has 9 heteroatoms. The Balaban J connectivity index is 1.30. The lowest BCUT2D eigenvalue weighted by Crippen LogP contribution is -2.50. The third-order valence-electron chi connectivity index (χ3n) is 4.55. The van der Waals surface area contributed by atoms with Gasteiger partial charge in [-0.2, -0.15) is 0 Å². The molecule has 142 valence electrons. The van der Waals surface area contributed by atoms with E-state index in [-0.39, 0.29) is 25.2 Å². The minimum Gasteiger partial charge on any atom is -0.454 e. The molecule has 0 aliphatic carbocycles. The van der Waals surface area contributed by atoms with Crippen LogP contribution in [0.25, 0.3) is 0 Å². The van der Waals surface area contributed by atoms with Crippen LogP contribution in [0.1, 0.15) is 16.1 Å². The molecular formula is C18H20N4O5. The van der Waals surface area contributed by atoms with E-state index in [0.29, 0.717) is 54.8 Å². The molecule has 0 bridgehead atoms. The van der Waals surface area contributed by atoms with Gasteiger partial charge in [0, 0.05) is 32.2 Å². The van der Waals surface area contributed by atoms with E-state index < -0.39 is 0 Å². The zero-order valence-electron chi connectivity index (χ0n) is 14.9. The molecule has 1 saturated heterocycles. The average Bonchev–Trinajstić information content (AvgIpc) is 3.30. The number of fused-ring (bicyclic) bond motifs is 1. The zero-order valence-corrected chi connectivity index (χ0v) is 14.9. The van der Waals surface area contributed by atoms with E-state index in [0.717, 1.165) is 0 Å². The van der Waals surface area contributed by atoms with Gasteiger partial charge in [0.25, 0.3) is 5.91 Å². The molecule has 2 aliphatic rings. The number of benzene rings is 1. The molecule has 9 nitrogen and oxygen atoms in total. The molecule has 1 N–H and O–H groups in total. The quantitative estimate of drug-likeness (QED) is 0.858. The highest BCUT2D eigenvalue weighted by Crippen LogP contribution is 2.36. The molecule has 3 heterocycles. The number of nitrogens with one attached hydrogen (secondary N) is 1. The monoisotopic (exact) mass is 372 g/mol. The van der Waals surface area contributed by atoms with Crippen molar-refractivity contribution in [3.63, 3.8) is 0 Å². The molecule has 0 saturated carbocycles. The first-order chi connectivity index (χ1) is 13.1. The molecule has 2 amide bonds. The molecule has 0 atom stereocenters. The minimum absolute atomic E-state index is 0.0838. The number of nitrogens with zero attached hydrogens (tertiary/aromatic N) is 3. The van der Waals surface area contributed by atoms with Crippen LogP contribution in [-0.2, 0) is 4.79 Å². The number of aromatic nitrogens is 1. The van der Waals surface area contributed by atoms with Crippen molar-refractivity contribution >= 4 is 17.6 Å². The third-order valence-corrected chi connectivity index (χ3v) is 4.55. The number of carbonyl (C=O) groups is 2. The summed E-state index contributed by atoms with van der Waals surface area (Å²) in [5.74, 6) is 1.91. The summed E-state index contributed by atoms with van der Waals surface area (Å²) in [6.07, 6.45) is 0. The number of hydrogen-bond acceptors (Lipinski definition) is 7. The van der Waals surface area contributed by atoms with Gasteiger partial charge in [0.15, 0.2) is 17.3 Å². The predicted molar refractivity (Wildman–Crippen MR) is 94.8 cm³/mol. The number of piperazine rings is 1. The highest BCUT2D eigenvalue weighted by molar-refractivity contribution is 5.98. The first-order valence-electron chi connectivity index (χ1n) is 8.73. The Bertz CT molecular complexity index is 857. The van der Waals surface area contributed by atoms with E-state index in [1.54, 1.807) is 36.1 Å². The van der Waals surface area contributed by atoms with Crippen molar-refractivity contribution in [2.45, 2.75) is 6.92 Å². The Morgan fingerprint density at radius 2 is 2.00 bits per heavy atom.